The van der Waals surface area contributed by atoms with Gasteiger partial charge in [-0.15, -0.1) is 11.6 Å². The van der Waals surface area contributed by atoms with E-state index in [1.54, 1.807) is 12.5 Å². The third kappa shape index (κ3) is 1.94. The normalized spacial score (nSPS) is 22.3. The summed E-state index contributed by atoms with van der Waals surface area (Å²) < 4.78 is 0.931. The van der Waals surface area contributed by atoms with Crippen molar-refractivity contribution >= 4 is 33.3 Å². The predicted octanol–water partition coefficient (Wildman–Crippen LogP) is 2.06. The van der Waals surface area contributed by atoms with Crippen molar-refractivity contribution in [2.45, 2.75) is 11.8 Å². The van der Waals surface area contributed by atoms with Gasteiger partial charge in [0.1, 0.15) is 12.1 Å². The van der Waals surface area contributed by atoms with E-state index in [4.69, 9.17) is 11.6 Å². The van der Waals surface area contributed by atoms with Gasteiger partial charge in [-0.1, -0.05) is 0 Å². The maximum atomic E-state index is 6.01. The van der Waals surface area contributed by atoms with Crippen LogP contribution in [0.1, 0.15) is 6.42 Å². The monoisotopic (exact) mass is 261 g/mol. The molecule has 13 heavy (non-hydrogen) atoms. The van der Waals surface area contributed by atoms with Crippen LogP contribution in [0.2, 0.25) is 0 Å². The second-order valence-corrected chi connectivity index (χ2v) is 4.50. The molecule has 0 aliphatic carbocycles. The number of hydrogen-bond acceptors (Lipinski definition) is 3. The number of alkyl halides is 1. The number of rotatable bonds is 1. The fourth-order valence-corrected chi connectivity index (χ4v) is 2.18. The van der Waals surface area contributed by atoms with Crippen LogP contribution >= 0.6 is 27.5 Å². The molecule has 0 N–H and O–H groups in total. The Morgan fingerprint density at radius 2 is 2.46 bits per heavy atom. The van der Waals surface area contributed by atoms with E-state index in [-0.39, 0.29) is 5.38 Å². The smallest absolute Gasteiger partial charge is 0.146 e. The molecule has 1 aliphatic heterocycles. The fraction of sp³-hybridized carbons (Fsp3) is 0.500. The van der Waals surface area contributed by atoms with E-state index in [1.165, 1.54) is 0 Å². The summed E-state index contributed by atoms with van der Waals surface area (Å²) in [4.78, 5) is 10.3. The second-order valence-electron chi connectivity index (χ2n) is 3.03. The van der Waals surface area contributed by atoms with Crippen molar-refractivity contribution < 1.29 is 0 Å². The molecule has 70 valence electrons. The van der Waals surface area contributed by atoms with Crippen molar-refractivity contribution in [1.29, 1.82) is 0 Å². The quantitative estimate of drug-likeness (QED) is 0.726. The highest BCUT2D eigenvalue weighted by Gasteiger charge is 2.22. The molecule has 2 heterocycles. The zero-order valence-corrected chi connectivity index (χ0v) is 9.29. The number of aromatic nitrogens is 2. The molecule has 0 spiro atoms. The van der Waals surface area contributed by atoms with Crippen molar-refractivity contribution in [3.05, 3.63) is 17.0 Å². The summed E-state index contributed by atoms with van der Waals surface area (Å²) in [5.74, 6) is 0.943. The number of halogens is 2. The van der Waals surface area contributed by atoms with Gasteiger partial charge in [-0.3, -0.25) is 0 Å². The molecule has 1 aliphatic rings. The van der Waals surface area contributed by atoms with Gasteiger partial charge in [0.2, 0.25) is 0 Å². The van der Waals surface area contributed by atoms with E-state index in [9.17, 15) is 0 Å². The van der Waals surface area contributed by atoms with E-state index in [1.807, 2.05) is 0 Å². The fourth-order valence-electron chi connectivity index (χ4n) is 1.45. The zero-order chi connectivity index (χ0) is 9.26. The molecule has 1 aromatic rings. The molecular formula is C8H9BrClN3. The molecule has 1 aromatic heterocycles. The molecule has 1 unspecified atom stereocenters. The molecule has 2 rings (SSSR count). The average Bonchev–Trinajstić information content (AvgIpc) is 2.53. The minimum absolute atomic E-state index is 0.252. The van der Waals surface area contributed by atoms with Gasteiger partial charge in [0.25, 0.3) is 0 Å². The van der Waals surface area contributed by atoms with Crippen molar-refractivity contribution in [2.24, 2.45) is 0 Å². The van der Waals surface area contributed by atoms with E-state index < -0.39 is 0 Å². The Balaban J connectivity index is 2.21. The Labute approximate surface area is 90.3 Å². The third-order valence-electron chi connectivity index (χ3n) is 2.08. The molecule has 0 amide bonds. The highest BCUT2D eigenvalue weighted by atomic mass is 79.9. The van der Waals surface area contributed by atoms with Crippen LogP contribution in [0.4, 0.5) is 5.82 Å². The first-order valence-electron chi connectivity index (χ1n) is 4.12. The second kappa shape index (κ2) is 3.80. The van der Waals surface area contributed by atoms with Gasteiger partial charge in [-0.2, -0.15) is 0 Å². The third-order valence-corrected chi connectivity index (χ3v) is 2.99. The standard InChI is InChI=1S/C8H9BrClN3/c9-7-3-11-5-12-8(7)13-2-1-6(10)4-13/h3,5-6H,1-2,4H2. The first-order valence-corrected chi connectivity index (χ1v) is 5.35. The first-order chi connectivity index (χ1) is 6.27. The van der Waals surface area contributed by atoms with E-state index in [0.29, 0.717) is 0 Å². The summed E-state index contributed by atoms with van der Waals surface area (Å²) in [6.07, 6.45) is 4.34. The van der Waals surface area contributed by atoms with E-state index in [2.05, 4.69) is 30.8 Å². The van der Waals surface area contributed by atoms with Crippen LogP contribution in [0.25, 0.3) is 0 Å². The Morgan fingerprint density at radius 3 is 3.08 bits per heavy atom. The van der Waals surface area contributed by atoms with Crippen LogP contribution in [0.5, 0.6) is 0 Å². The largest absolute Gasteiger partial charge is 0.354 e. The molecule has 1 saturated heterocycles. The molecule has 3 nitrogen and oxygen atoms in total. The number of nitrogens with zero attached hydrogens (tertiary/aromatic N) is 3. The van der Waals surface area contributed by atoms with Gasteiger partial charge in [-0.05, 0) is 22.4 Å². The molecule has 1 fully saturated rings. The van der Waals surface area contributed by atoms with Gasteiger partial charge in [0, 0.05) is 19.3 Å². The van der Waals surface area contributed by atoms with Gasteiger partial charge >= 0.3 is 0 Å². The van der Waals surface area contributed by atoms with Crippen LogP contribution in [-0.4, -0.2) is 28.4 Å². The maximum Gasteiger partial charge on any atom is 0.146 e. The summed E-state index contributed by atoms with van der Waals surface area (Å²) >= 11 is 9.43. The minimum atomic E-state index is 0.252. The van der Waals surface area contributed by atoms with E-state index >= 15 is 0 Å². The van der Waals surface area contributed by atoms with Crippen LogP contribution in [0.15, 0.2) is 17.0 Å². The highest BCUT2D eigenvalue weighted by Crippen LogP contribution is 2.26. The Morgan fingerprint density at radius 1 is 1.62 bits per heavy atom. The Hall–Kier alpha value is -0.350. The lowest BCUT2D eigenvalue weighted by molar-refractivity contribution is 0.921. The molecule has 0 bridgehead atoms. The average molecular weight is 263 g/mol. The summed E-state index contributed by atoms with van der Waals surface area (Å²) in [7, 11) is 0. The lowest BCUT2D eigenvalue weighted by atomic mass is 10.4. The van der Waals surface area contributed by atoms with Crippen LogP contribution < -0.4 is 4.90 Å². The Kier molecular flexibility index (Phi) is 2.69. The summed E-state index contributed by atoms with van der Waals surface area (Å²) in [5, 5.41) is 0.252. The van der Waals surface area contributed by atoms with Crippen LogP contribution in [-0.2, 0) is 0 Å². The van der Waals surface area contributed by atoms with Crippen LogP contribution in [0, 0.1) is 0 Å². The topological polar surface area (TPSA) is 29.0 Å². The first kappa shape index (κ1) is 9.21. The van der Waals surface area contributed by atoms with Gasteiger partial charge in [-0.25, -0.2) is 9.97 Å². The maximum absolute atomic E-state index is 6.01. The molecule has 0 radical (unpaired) electrons. The Bertz CT molecular complexity index is 307. The lowest BCUT2D eigenvalue weighted by Gasteiger charge is -2.16. The van der Waals surface area contributed by atoms with Crippen LogP contribution in [0.3, 0.4) is 0 Å². The number of anilines is 1. The molecule has 0 saturated carbocycles. The highest BCUT2D eigenvalue weighted by molar-refractivity contribution is 9.10. The lowest BCUT2D eigenvalue weighted by Crippen LogP contribution is -2.21. The number of hydrogen-bond donors (Lipinski definition) is 0. The molecule has 0 aromatic carbocycles. The van der Waals surface area contributed by atoms with Gasteiger partial charge in [0.05, 0.1) is 9.85 Å². The van der Waals surface area contributed by atoms with E-state index in [0.717, 1.165) is 29.8 Å². The predicted molar refractivity (Wildman–Crippen MR) is 56.2 cm³/mol. The summed E-state index contributed by atoms with van der Waals surface area (Å²) in [6, 6.07) is 0. The molecular weight excluding hydrogens is 253 g/mol. The van der Waals surface area contributed by atoms with Gasteiger partial charge < -0.3 is 4.90 Å². The van der Waals surface area contributed by atoms with Gasteiger partial charge in [0.15, 0.2) is 0 Å². The molecule has 1 atom stereocenters. The minimum Gasteiger partial charge on any atom is -0.354 e. The van der Waals surface area contributed by atoms with Crippen molar-refractivity contribution in [3.63, 3.8) is 0 Å². The molecule has 5 heteroatoms. The van der Waals surface area contributed by atoms with Crippen molar-refractivity contribution in [2.75, 3.05) is 18.0 Å². The summed E-state index contributed by atoms with van der Waals surface area (Å²) in [5.41, 5.74) is 0. The van der Waals surface area contributed by atoms with Crippen molar-refractivity contribution in [1.82, 2.24) is 9.97 Å². The van der Waals surface area contributed by atoms with Crippen molar-refractivity contribution in [3.8, 4) is 0 Å². The summed E-state index contributed by atoms with van der Waals surface area (Å²) in [6.45, 7) is 1.85. The SMILES string of the molecule is ClC1CCN(c2ncncc2Br)C1. The zero-order valence-electron chi connectivity index (χ0n) is 6.95.